The molecule has 1 fully saturated rings. The summed E-state index contributed by atoms with van der Waals surface area (Å²) in [5.41, 5.74) is 5.35. The number of nitrogens with zero attached hydrogens (tertiary/aromatic N) is 2. The minimum atomic E-state index is -0.239. The Morgan fingerprint density at radius 2 is 1.50 bits per heavy atom. The summed E-state index contributed by atoms with van der Waals surface area (Å²) in [6.07, 6.45) is 3.95. The van der Waals surface area contributed by atoms with E-state index >= 15 is 0 Å². The maximum Gasteiger partial charge on any atom is 0.293 e. The Kier molecular flexibility index (Phi) is 5.70. The number of fused-ring (bicyclic) bond motifs is 2. The number of benzene rings is 4. The number of carbonyl (C=O) groups is 2. The average Bonchev–Trinajstić information content (AvgIpc) is 3.37. The van der Waals surface area contributed by atoms with Gasteiger partial charge in [0.05, 0.1) is 11.4 Å². The fourth-order valence-corrected chi connectivity index (χ4v) is 5.62. The van der Waals surface area contributed by atoms with E-state index in [1.54, 1.807) is 0 Å². The molecule has 5 aromatic rings. The van der Waals surface area contributed by atoms with Crippen LogP contribution in [-0.4, -0.2) is 20.6 Å². The third-order valence-electron chi connectivity index (χ3n) is 6.66. The maximum absolute atomic E-state index is 13.2. The number of hydrogen-bond acceptors (Lipinski definition) is 3. The molecule has 0 N–H and O–H groups in total. The van der Waals surface area contributed by atoms with Crippen LogP contribution in [0.5, 0.6) is 0 Å². The molecule has 0 atom stereocenters. The highest BCUT2D eigenvalue weighted by Crippen LogP contribution is 2.35. The van der Waals surface area contributed by atoms with Crippen molar-refractivity contribution in [3.8, 4) is 0 Å². The molecule has 0 aliphatic carbocycles. The van der Waals surface area contributed by atoms with Crippen LogP contribution in [0, 0.1) is 6.92 Å². The molecule has 1 aliphatic rings. The summed E-state index contributed by atoms with van der Waals surface area (Å²) < 4.78 is 2.22. The van der Waals surface area contributed by atoms with Crippen LogP contribution in [0.1, 0.15) is 22.3 Å². The van der Waals surface area contributed by atoms with E-state index in [-0.39, 0.29) is 17.7 Å². The molecule has 0 spiro atoms. The highest BCUT2D eigenvalue weighted by atomic mass is 32.2. The second-order valence-electron chi connectivity index (χ2n) is 9.12. The van der Waals surface area contributed by atoms with E-state index in [9.17, 15) is 9.59 Å². The fourth-order valence-electron chi connectivity index (χ4n) is 4.79. The lowest BCUT2D eigenvalue weighted by Crippen LogP contribution is -2.27. The van der Waals surface area contributed by atoms with Gasteiger partial charge in [-0.25, -0.2) is 0 Å². The summed E-state index contributed by atoms with van der Waals surface area (Å²) in [5, 5.41) is 3.28. The third-order valence-corrected chi connectivity index (χ3v) is 7.57. The van der Waals surface area contributed by atoms with Crippen molar-refractivity contribution in [1.29, 1.82) is 0 Å². The van der Waals surface area contributed by atoms with Crippen LogP contribution in [0.25, 0.3) is 27.8 Å². The van der Waals surface area contributed by atoms with Crippen LogP contribution in [0.2, 0.25) is 0 Å². The van der Waals surface area contributed by atoms with Gasteiger partial charge in [-0.15, -0.1) is 0 Å². The van der Waals surface area contributed by atoms with Crippen molar-refractivity contribution in [2.45, 2.75) is 20.0 Å². The Hall–Kier alpha value is -4.09. The molecule has 1 saturated heterocycles. The lowest BCUT2D eigenvalue weighted by atomic mass is 10.0. The molecule has 2 amide bonds. The summed E-state index contributed by atoms with van der Waals surface area (Å²) in [4.78, 5) is 27.7. The van der Waals surface area contributed by atoms with Gasteiger partial charge in [-0.2, -0.15) is 0 Å². The Morgan fingerprint density at radius 3 is 2.33 bits per heavy atom. The molecule has 1 aromatic heterocycles. The van der Waals surface area contributed by atoms with Crippen molar-refractivity contribution in [3.05, 3.63) is 124 Å². The van der Waals surface area contributed by atoms with Crippen molar-refractivity contribution >= 4 is 50.7 Å². The van der Waals surface area contributed by atoms with Gasteiger partial charge in [-0.05, 0) is 52.7 Å². The monoisotopic (exact) mass is 488 g/mol. The van der Waals surface area contributed by atoms with Gasteiger partial charge in [0, 0.05) is 29.2 Å². The lowest BCUT2D eigenvalue weighted by Gasteiger charge is -2.12. The Morgan fingerprint density at radius 1 is 0.778 bits per heavy atom. The Labute approximate surface area is 213 Å². The zero-order chi connectivity index (χ0) is 24.6. The molecule has 0 unspecified atom stereocenters. The van der Waals surface area contributed by atoms with Gasteiger partial charge in [0.15, 0.2) is 0 Å². The highest BCUT2D eigenvalue weighted by molar-refractivity contribution is 8.18. The van der Waals surface area contributed by atoms with Crippen LogP contribution in [-0.2, 0) is 17.9 Å². The van der Waals surface area contributed by atoms with Crippen molar-refractivity contribution < 1.29 is 9.59 Å². The SMILES string of the molecule is Cc1ccc(CN2C(=O)S/C(=C\c3cn(Cc4cccc5ccccc45)c4ccccc34)C2=O)cc1. The van der Waals surface area contributed by atoms with Crippen molar-refractivity contribution in [2.75, 3.05) is 0 Å². The number of carbonyl (C=O) groups excluding carboxylic acids is 2. The van der Waals surface area contributed by atoms with E-state index in [0.717, 1.165) is 39.4 Å². The number of aromatic nitrogens is 1. The first-order valence-electron chi connectivity index (χ1n) is 11.9. The number of hydrogen-bond donors (Lipinski definition) is 0. The molecule has 6 rings (SSSR count). The third kappa shape index (κ3) is 4.12. The van der Waals surface area contributed by atoms with E-state index in [2.05, 4.69) is 65.4 Å². The maximum atomic E-state index is 13.2. The standard InChI is InChI=1S/C31H24N2O2S/c1-21-13-15-22(16-14-21)18-33-30(34)29(36-31(33)35)17-25-20-32(28-12-5-4-11-27(25)28)19-24-9-6-8-23-7-2-3-10-26(23)24/h2-17,20H,18-19H2,1H3/b29-17-. The molecular formula is C31H24N2O2S. The van der Waals surface area contributed by atoms with Crippen LogP contribution in [0.4, 0.5) is 4.79 Å². The molecule has 176 valence electrons. The zero-order valence-corrected chi connectivity index (χ0v) is 20.7. The first kappa shape index (κ1) is 22.4. The van der Waals surface area contributed by atoms with E-state index in [4.69, 9.17) is 0 Å². The summed E-state index contributed by atoms with van der Waals surface area (Å²) in [5.74, 6) is -0.239. The number of para-hydroxylation sites is 1. The van der Waals surface area contributed by atoms with Gasteiger partial charge in [-0.3, -0.25) is 14.5 Å². The van der Waals surface area contributed by atoms with Crippen molar-refractivity contribution in [2.24, 2.45) is 0 Å². The van der Waals surface area contributed by atoms with Crippen LogP contribution in [0.3, 0.4) is 0 Å². The first-order valence-corrected chi connectivity index (χ1v) is 12.7. The predicted octanol–water partition coefficient (Wildman–Crippen LogP) is 7.39. The summed E-state index contributed by atoms with van der Waals surface area (Å²) in [6.45, 7) is 3.01. The van der Waals surface area contributed by atoms with Gasteiger partial charge < -0.3 is 4.57 Å². The molecule has 36 heavy (non-hydrogen) atoms. The quantitative estimate of drug-likeness (QED) is 0.242. The van der Waals surface area contributed by atoms with Crippen molar-refractivity contribution in [1.82, 2.24) is 9.47 Å². The summed E-state index contributed by atoms with van der Waals surface area (Å²) >= 11 is 1.01. The van der Waals surface area contributed by atoms with E-state index in [1.807, 2.05) is 49.4 Å². The van der Waals surface area contributed by atoms with E-state index in [1.165, 1.54) is 21.2 Å². The number of aryl methyl sites for hydroxylation is 1. The van der Waals surface area contributed by atoms with E-state index < -0.39 is 0 Å². The average molecular weight is 489 g/mol. The number of rotatable bonds is 5. The smallest absolute Gasteiger partial charge is 0.293 e. The second kappa shape index (κ2) is 9.17. The number of thioether (sulfide) groups is 1. The van der Waals surface area contributed by atoms with Gasteiger partial charge in [0.25, 0.3) is 11.1 Å². The summed E-state index contributed by atoms with van der Waals surface area (Å²) in [7, 11) is 0. The second-order valence-corrected chi connectivity index (χ2v) is 10.1. The number of imide groups is 1. The lowest BCUT2D eigenvalue weighted by molar-refractivity contribution is -0.123. The Bertz CT molecular complexity index is 1660. The van der Waals surface area contributed by atoms with Gasteiger partial charge >= 0.3 is 0 Å². The van der Waals surface area contributed by atoms with Crippen LogP contribution in [0.15, 0.2) is 102 Å². The van der Waals surface area contributed by atoms with Crippen molar-refractivity contribution in [3.63, 3.8) is 0 Å². The zero-order valence-electron chi connectivity index (χ0n) is 19.8. The molecule has 1 aliphatic heterocycles. The molecule has 4 aromatic carbocycles. The molecule has 0 bridgehead atoms. The minimum absolute atomic E-state index is 0.230. The van der Waals surface area contributed by atoms with Crippen LogP contribution >= 0.6 is 11.8 Å². The predicted molar refractivity (Wildman–Crippen MR) is 148 cm³/mol. The molecule has 4 nitrogen and oxygen atoms in total. The molecule has 0 saturated carbocycles. The molecule has 2 heterocycles. The largest absolute Gasteiger partial charge is 0.342 e. The molecule has 5 heteroatoms. The first-order chi connectivity index (χ1) is 17.6. The minimum Gasteiger partial charge on any atom is -0.342 e. The number of amides is 2. The Balaban J connectivity index is 1.34. The summed E-state index contributed by atoms with van der Waals surface area (Å²) in [6, 6.07) is 30.9. The topological polar surface area (TPSA) is 42.3 Å². The molecular weight excluding hydrogens is 464 g/mol. The molecule has 0 radical (unpaired) electrons. The van der Waals surface area contributed by atoms with Gasteiger partial charge in [0.2, 0.25) is 0 Å². The van der Waals surface area contributed by atoms with E-state index in [0.29, 0.717) is 11.4 Å². The van der Waals surface area contributed by atoms with Crippen LogP contribution < -0.4 is 0 Å². The van der Waals surface area contributed by atoms with Gasteiger partial charge in [0.1, 0.15) is 0 Å². The highest BCUT2D eigenvalue weighted by Gasteiger charge is 2.35. The normalized spacial score (nSPS) is 15.0. The van der Waals surface area contributed by atoms with Gasteiger partial charge in [-0.1, -0.05) is 90.5 Å². The fraction of sp³-hybridized carbons (Fsp3) is 0.0968.